The molecule has 0 aromatic heterocycles. The quantitative estimate of drug-likeness (QED) is 0.318. The van der Waals surface area contributed by atoms with E-state index in [1.165, 1.54) is 12.1 Å². The maximum atomic E-state index is 15.1. The Bertz CT molecular complexity index is 1300. The summed E-state index contributed by atoms with van der Waals surface area (Å²) in [6, 6.07) is 22.6. The maximum absolute atomic E-state index is 15.1. The van der Waals surface area contributed by atoms with Crippen LogP contribution in [0.25, 0.3) is 33.4 Å². The molecule has 0 spiro atoms. The lowest BCUT2D eigenvalue weighted by Gasteiger charge is -2.19. The van der Waals surface area contributed by atoms with E-state index in [1.54, 1.807) is 30.3 Å². The van der Waals surface area contributed by atoms with E-state index in [9.17, 15) is 4.39 Å². The summed E-state index contributed by atoms with van der Waals surface area (Å²) in [4.78, 5) is 0. The summed E-state index contributed by atoms with van der Waals surface area (Å²) in [6.07, 6.45) is 0. The molecule has 0 bridgehead atoms. The van der Waals surface area contributed by atoms with E-state index in [-0.39, 0.29) is 16.5 Å². The summed E-state index contributed by atoms with van der Waals surface area (Å²) in [7, 11) is 1.86. The molecule has 0 amide bonds. The second-order valence-electron chi connectivity index (χ2n) is 9.54. The Labute approximate surface area is 199 Å². The van der Waals surface area contributed by atoms with Crippen LogP contribution in [-0.4, -0.2) is 7.05 Å². The van der Waals surface area contributed by atoms with Gasteiger partial charge in [-0.2, -0.15) is 0 Å². The summed E-state index contributed by atoms with van der Waals surface area (Å²) in [5, 5.41) is 3.07. The molecule has 4 aromatic rings. The van der Waals surface area contributed by atoms with Gasteiger partial charge in [-0.05, 0) is 46.3 Å². The second-order valence-corrected chi connectivity index (χ2v) is 9.54. The monoisotopic (exact) mass is 459 g/mol. The molecule has 0 saturated carbocycles. The molecular weight excluding hydrogens is 431 g/mol. The van der Waals surface area contributed by atoms with Crippen LogP contribution in [0.4, 0.5) is 13.2 Å². The number of rotatable bonds is 5. The molecule has 174 valence electrons. The highest BCUT2D eigenvalue weighted by atomic mass is 19.2. The van der Waals surface area contributed by atoms with Gasteiger partial charge in [-0.1, -0.05) is 93.6 Å². The summed E-state index contributed by atoms with van der Waals surface area (Å²) in [5.41, 5.74) is 4.41. The number of nitrogens with one attached hydrogen (secondary N) is 1. The first-order chi connectivity index (χ1) is 16.2. The molecule has 4 rings (SSSR count). The molecule has 0 heterocycles. The van der Waals surface area contributed by atoms with Crippen molar-refractivity contribution in [2.24, 2.45) is 0 Å². The van der Waals surface area contributed by atoms with Crippen molar-refractivity contribution in [3.63, 3.8) is 0 Å². The Balaban J connectivity index is 1.65. The lowest BCUT2D eigenvalue weighted by Crippen LogP contribution is -2.10. The molecule has 0 radical (unpaired) electrons. The Morgan fingerprint density at radius 1 is 0.618 bits per heavy atom. The molecule has 0 saturated heterocycles. The van der Waals surface area contributed by atoms with E-state index >= 15 is 8.78 Å². The molecule has 0 atom stereocenters. The van der Waals surface area contributed by atoms with Crippen molar-refractivity contribution in [3.8, 4) is 33.4 Å². The van der Waals surface area contributed by atoms with Crippen LogP contribution in [0.1, 0.15) is 31.9 Å². The first kappa shape index (κ1) is 23.8. The van der Waals surface area contributed by atoms with Crippen molar-refractivity contribution >= 4 is 0 Å². The van der Waals surface area contributed by atoms with E-state index in [0.29, 0.717) is 16.7 Å². The van der Waals surface area contributed by atoms with Crippen molar-refractivity contribution in [2.45, 2.75) is 32.7 Å². The average molecular weight is 460 g/mol. The Morgan fingerprint density at radius 3 is 1.62 bits per heavy atom. The topological polar surface area (TPSA) is 12.0 Å². The van der Waals surface area contributed by atoms with E-state index in [0.717, 1.165) is 23.2 Å². The molecule has 1 N–H and O–H groups in total. The summed E-state index contributed by atoms with van der Waals surface area (Å²) < 4.78 is 45.1. The Kier molecular flexibility index (Phi) is 6.63. The SMILES string of the molecule is CNCc1ccc(-c2ccc(-c3ccc(-c4ccc(C(C)(C)C)cc4)c(F)c3F)cc2F)cc1. The van der Waals surface area contributed by atoms with Gasteiger partial charge in [0, 0.05) is 23.2 Å². The fourth-order valence-electron chi connectivity index (χ4n) is 4.07. The van der Waals surface area contributed by atoms with Crippen LogP contribution in [0.5, 0.6) is 0 Å². The van der Waals surface area contributed by atoms with Crippen molar-refractivity contribution in [1.82, 2.24) is 5.32 Å². The number of hydrogen-bond donors (Lipinski definition) is 1. The first-order valence-corrected chi connectivity index (χ1v) is 11.3. The van der Waals surface area contributed by atoms with Crippen LogP contribution in [0, 0.1) is 17.5 Å². The van der Waals surface area contributed by atoms with Crippen molar-refractivity contribution < 1.29 is 13.2 Å². The zero-order valence-electron chi connectivity index (χ0n) is 19.8. The molecule has 0 aliphatic heterocycles. The minimum atomic E-state index is -0.985. The van der Waals surface area contributed by atoms with Gasteiger partial charge in [0.2, 0.25) is 0 Å². The molecule has 0 aliphatic rings. The van der Waals surface area contributed by atoms with Crippen LogP contribution in [0.2, 0.25) is 0 Å². The van der Waals surface area contributed by atoms with Crippen LogP contribution >= 0.6 is 0 Å². The van der Waals surface area contributed by atoms with E-state index < -0.39 is 17.5 Å². The van der Waals surface area contributed by atoms with Gasteiger partial charge in [0.05, 0.1) is 0 Å². The number of benzene rings is 4. The molecule has 34 heavy (non-hydrogen) atoms. The highest BCUT2D eigenvalue weighted by molar-refractivity contribution is 5.74. The number of hydrogen-bond acceptors (Lipinski definition) is 1. The van der Waals surface area contributed by atoms with Crippen LogP contribution in [0.3, 0.4) is 0 Å². The third-order valence-corrected chi connectivity index (χ3v) is 6.07. The lowest BCUT2D eigenvalue weighted by molar-refractivity contribution is 0.513. The molecular formula is C30H28F3N. The normalized spacial score (nSPS) is 11.6. The third-order valence-electron chi connectivity index (χ3n) is 6.07. The maximum Gasteiger partial charge on any atom is 0.167 e. The van der Waals surface area contributed by atoms with E-state index in [4.69, 9.17) is 0 Å². The van der Waals surface area contributed by atoms with Gasteiger partial charge in [-0.3, -0.25) is 0 Å². The van der Waals surface area contributed by atoms with Gasteiger partial charge < -0.3 is 5.32 Å². The first-order valence-electron chi connectivity index (χ1n) is 11.3. The van der Waals surface area contributed by atoms with E-state index in [2.05, 4.69) is 26.1 Å². The van der Waals surface area contributed by atoms with Gasteiger partial charge in [0.15, 0.2) is 11.6 Å². The fraction of sp³-hybridized carbons (Fsp3) is 0.200. The Morgan fingerprint density at radius 2 is 1.09 bits per heavy atom. The zero-order valence-corrected chi connectivity index (χ0v) is 19.8. The molecule has 4 heteroatoms. The lowest BCUT2D eigenvalue weighted by atomic mass is 9.86. The predicted molar refractivity (Wildman–Crippen MR) is 134 cm³/mol. The van der Waals surface area contributed by atoms with Crippen molar-refractivity contribution in [3.05, 3.63) is 107 Å². The fourth-order valence-corrected chi connectivity index (χ4v) is 4.07. The highest BCUT2D eigenvalue weighted by Gasteiger charge is 2.18. The molecule has 1 nitrogen and oxygen atoms in total. The second kappa shape index (κ2) is 9.47. The predicted octanol–water partition coefficient (Wildman–Crippen LogP) is 8.12. The van der Waals surface area contributed by atoms with Gasteiger partial charge in [0.25, 0.3) is 0 Å². The van der Waals surface area contributed by atoms with Crippen molar-refractivity contribution in [2.75, 3.05) is 7.05 Å². The minimum absolute atomic E-state index is 0.0300. The average Bonchev–Trinajstić information content (AvgIpc) is 2.81. The largest absolute Gasteiger partial charge is 0.316 e. The summed E-state index contributed by atoms with van der Waals surface area (Å²) in [6.45, 7) is 7.02. The summed E-state index contributed by atoms with van der Waals surface area (Å²) >= 11 is 0. The Hall–Kier alpha value is -3.37. The van der Waals surface area contributed by atoms with Gasteiger partial charge >= 0.3 is 0 Å². The third kappa shape index (κ3) is 4.78. The highest BCUT2D eigenvalue weighted by Crippen LogP contribution is 2.34. The molecule has 0 fully saturated rings. The standard InChI is InChI=1S/C30H28F3N/c1-30(2,3)23-12-9-21(10-13-23)25-15-16-26(29(33)28(25)32)22-11-14-24(27(31)17-22)20-7-5-19(6-8-20)18-34-4/h5-17,34H,18H2,1-4H3. The molecule has 4 aromatic carbocycles. The van der Waals surface area contributed by atoms with E-state index in [1.807, 2.05) is 43.4 Å². The smallest absolute Gasteiger partial charge is 0.167 e. The molecule has 0 aliphatic carbocycles. The number of halogens is 3. The van der Waals surface area contributed by atoms with Crippen molar-refractivity contribution in [1.29, 1.82) is 0 Å². The van der Waals surface area contributed by atoms with Crippen LogP contribution < -0.4 is 5.32 Å². The molecule has 0 unspecified atom stereocenters. The van der Waals surface area contributed by atoms with Crippen LogP contribution in [0.15, 0.2) is 78.9 Å². The minimum Gasteiger partial charge on any atom is -0.316 e. The zero-order chi connectivity index (χ0) is 24.5. The van der Waals surface area contributed by atoms with Gasteiger partial charge in [-0.25, -0.2) is 13.2 Å². The van der Waals surface area contributed by atoms with Gasteiger partial charge in [-0.15, -0.1) is 0 Å². The summed E-state index contributed by atoms with van der Waals surface area (Å²) in [5.74, 6) is -2.41. The van der Waals surface area contributed by atoms with Gasteiger partial charge in [0.1, 0.15) is 5.82 Å². The van der Waals surface area contributed by atoms with Crippen LogP contribution in [-0.2, 0) is 12.0 Å².